The number of carbonyl (C=O) groups excluding carboxylic acids is 2. The lowest BCUT2D eigenvalue weighted by atomic mass is 10.1. The lowest BCUT2D eigenvalue weighted by molar-refractivity contribution is -0.124. The second kappa shape index (κ2) is 3.75. The predicted molar refractivity (Wildman–Crippen MR) is 61.3 cm³/mol. The first-order valence-electron chi connectivity index (χ1n) is 4.99. The molecule has 0 saturated carbocycles. The van der Waals surface area contributed by atoms with Crippen molar-refractivity contribution in [2.45, 2.75) is 19.4 Å². The maximum Gasteiger partial charge on any atom is 0.316 e. The van der Waals surface area contributed by atoms with Crippen LogP contribution in [0.5, 0.6) is 0 Å². The third-order valence-corrected chi connectivity index (χ3v) is 4.13. The van der Waals surface area contributed by atoms with Gasteiger partial charge in [-0.05, 0) is 19.0 Å². The Morgan fingerprint density at radius 3 is 2.31 bits per heavy atom. The molecular formula is C11H12N2O2Si. The van der Waals surface area contributed by atoms with Crippen molar-refractivity contribution >= 4 is 26.8 Å². The Kier molecular flexibility index (Phi) is 2.55. The van der Waals surface area contributed by atoms with Crippen LogP contribution in [0.1, 0.15) is 13.8 Å². The molecule has 1 N–H and O–H groups in total. The Balaban J connectivity index is 2.22. The molecule has 2 rings (SSSR count). The quantitative estimate of drug-likeness (QED) is 0.587. The highest BCUT2D eigenvalue weighted by Gasteiger charge is 2.45. The van der Waals surface area contributed by atoms with Gasteiger partial charge in [0.1, 0.15) is 5.54 Å². The van der Waals surface area contributed by atoms with Crippen LogP contribution < -0.4 is 10.5 Å². The lowest BCUT2D eigenvalue weighted by Gasteiger charge is -2.27. The van der Waals surface area contributed by atoms with Crippen LogP contribution in [0.3, 0.4) is 0 Å². The number of rotatable bonds is 2. The summed E-state index contributed by atoms with van der Waals surface area (Å²) in [5, 5.41) is 3.37. The molecule has 82 valence electrons. The molecule has 0 spiro atoms. The number of nitrogens with zero attached hydrogens (tertiary/aromatic N) is 1. The summed E-state index contributed by atoms with van der Waals surface area (Å²) in [5.74, 6) is -0.235. The Bertz CT molecular complexity index is 431. The molecule has 3 amide bonds. The maximum atomic E-state index is 11.6. The highest BCUT2D eigenvalue weighted by molar-refractivity contribution is 6.55. The van der Waals surface area contributed by atoms with Crippen LogP contribution in [-0.2, 0) is 4.79 Å². The van der Waals surface area contributed by atoms with E-state index in [9.17, 15) is 9.59 Å². The fraction of sp³-hybridized carbons (Fsp3) is 0.273. The molecule has 1 fully saturated rings. The molecule has 1 aromatic rings. The summed E-state index contributed by atoms with van der Waals surface area (Å²) in [6.45, 7) is 3.51. The summed E-state index contributed by atoms with van der Waals surface area (Å²) in [4.78, 5) is 23.1. The maximum absolute atomic E-state index is 11.6. The fourth-order valence-corrected chi connectivity index (χ4v) is 2.63. The van der Waals surface area contributed by atoms with Gasteiger partial charge in [-0.15, -0.1) is 0 Å². The van der Waals surface area contributed by atoms with Crippen LogP contribution in [0.2, 0.25) is 0 Å². The minimum Gasteiger partial charge on any atom is -0.334 e. The van der Waals surface area contributed by atoms with Gasteiger partial charge < -0.3 is 4.57 Å². The highest BCUT2D eigenvalue weighted by Crippen LogP contribution is 2.18. The third kappa shape index (κ3) is 1.74. The molecule has 0 aliphatic carbocycles. The van der Waals surface area contributed by atoms with Crippen LogP contribution in [0, 0.1) is 0 Å². The average Bonchev–Trinajstić information content (AvgIpc) is 2.43. The molecule has 16 heavy (non-hydrogen) atoms. The number of carbonyl (C=O) groups is 2. The van der Waals surface area contributed by atoms with Crippen LogP contribution in [0.15, 0.2) is 30.3 Å². The average molecular weight is 232 g/mol. The van der Waals surface area contributed by atoms with Gasteiger partial charge in [0.2, 0.25) is 9.68 Å². The van der Waals surface area contributed by atoms with Crippen molar-refractivity contribution in [3.8, 4) is 0 Å². The molecule has 2 radical (unpaired) electrons. The summed E-state index contributed by atoms with van der Waals surface area (Å²) in [6.07, 6.45) is 0. The van der Waals surface area contributed by atoms with E-state index in [0.717, 1.165) is 5.19 Å². The fourth-order valence-electron chi connectivity index (χ4n) is 1.49. The Labute approximate surface area is 96.5 Å². The monoisotopic (exact) mass is 232 g/mol. The molecule has 1 heterocycles. The van der Waals surface area contributed by atoms with Crippen LogP contribution in [-0.4, -0.2) is 31.7 Å². The van der Waals surface area contributed by atoms with Gasteiger partial charge >= 0.3 is 6.03 Å². The van der Waals surface area contributed by atoms with E-state index < -0.39 is 5.54 Å². The van der Waals surface area contributed by atoms with Gasteiger partial charge in [0, 0.05) is 0 Å². The van der Waals surface area contributed by atoms with Crippen molar-refractivity contribution in [1.82, 2.24) is 9.88 Å². The van der Waals surface area contributed by atoms with Gasteiger partial charge in [0.15, 0.2) is 0 Å². The standard InChI is InChI=1S/C11H12N2O2Si/c1-11(2)9(14)12-10(15)13(11)16-8-6-4-3-5-7-8/h3-7H,1-2H3,(H,12,14,15). The van der Waals surface area contributed by atoms with Crippen molar-refractivity contribution in [1.29, 1.82) is 0 Å². The zero-order valence-electron chi connectivity index (χ0n) is 9.15. The molecule has 1 aliphatic rings. The van der Waals surface area contributed by atoms with Crippen molar-refractivity contribution < 1.29 is 9.59 Å². The van der Waals surface area contributed by atoms with E-state index in [1.54, 1.807) is 18.4 Å². The normalized spacial score (nSPS) is 18.8. The predicted octanol–water partition coefficient (Wildman–Crippen LogP) is 0.261. The van der Waals surface area contributed by atoms with Gasteiger partial charge in [-0.1, -0.05) is 30.3 Å². The molecule has 4 nitrogen and oxygen atoms in total. The summed E-state index contributed by atoms with van der Waals surface area (Å²) in [6, 6.07) is 9.36. The molecule has 0 aromatic heterocycles. The van der Waals surface area contributed by atoms with E-state index in [1.807, 2.05) is 30.3 Å². The van der Waals surface area contributed by atoms with Crippen molar-refractivity contribution in [2.24, 2.45) is 0 Å². The molecular weight excluding hydrogens is 220 g/mol. The molecule has 0 unspecified atom stereocenters. The number of hydrogen-bond donors (Lipinski definition) is 1. The molecule has 1 aliphatic heterocycles. The van der Waals surface area contributed by atoms with Crippen molar-refractivity contribution in [3.63, 3.8) is 0 Å². The third-order valence-electron chi connectivity index (χ3n) is 2.55. The number of hydrogen-bond acceptors (Lipinski definition) is 2. The van der Waals surface area contributed by atoms with Crippen molar-refractivity contribution in [3.05, 3.63) is 30.3 Å². The molecule has 0 bridgehead atoms. The van der Waals surface area contributed by atoms with E-state index in [4.69, 9.17) is 0 Å². The molecule has 5 heteroatoms. The van der Waals surface area contributed by atoms with Gasteiger partial charge in [-0.25, -0.2) is 4.79 Å². The largest absolute Gasteiger partial charge is 0.334 e. The van der Waals surface area contributed by atoms with E-state index in [-0.39, 0.29) is 21.6 Å². The Morgan fingerprint density at radius 2 is 1.81 bits per heavy atom. The summed E-state index contributed by atoms with van der Waals surface area (Å²) < 4.78 is 1.57. The smallest absolute Gasteiger partial charge is 0.316 e. The summed E-state index contributed by atoms with van der Waals surface area (Å²) >= 11 is 0. The Morgan fingerprint density at radius 1 is 1.19 bits per heavy atom. The van der Waals surface area contributed by atoms with Crippen LogP contribution >= 0.6 is 0 Å². The highest BCUT2D eigenvalue weighted by atomic mass is 28.2. The van der Waals surface area contributed by atoms with Gasteiger partial charge in [-0.3, -0.25) is 10.1 Å². The molecule has 0 atom stereocenters. The van der Waals surface area contributed by atoms with E-state index >= 15 is 0 Å². The second-order valence-electron chi connectivity index (χ2n) is 4.13. The second-order valence-corrected chi connectivity index (χ2v) is 5.38. The lowest BCUT2D eigenvalue weighted by Crippen LogP contribution is -2.49. The molecule has 1 aromatic carbocycles. The number of urea groups is 1. The Hall–Kier alpha value is -1.62. The SMILES string of the molecule is CC1(C)C(=O)NC(=O)N1[Si]c1ccccc1. The summed E-state index contributed by atoms with van der Waals surface area (Å²) in [5.41, 5.74) is -0.759. The first-order chi connectivity index (χ1) is 7.51. The number of benzene rings is 1. The zero-order valence-corrected chi connectivity index (χ0v) is 10.2. The minimum atomic E-state index is -0.759. The first kappa shape index (κ1) is 10.9. The van der Waals surface area contributed by atoms with Gasteiger partial charge in [0.05, 0.1) is 0 Å². The minimum absolute atomic E-state index is 0.176. The number of amides is 3. The topological polar surface area (TPSA) is 49.4 Å². The van der Waals surface area contributed by atoms with E-state index in [1.165, 1.54) is 0 Å². The van der Waals surface area contributed by atoms with E-state index in [2.05, 4.69) is 5.32 Å². The van der Waals surface area contributed by atoms with Crippen molar-refractivity contribution in [2.75, 3.05) is 0 Å². The van der Waals surface area contributed by atoms with E-state index in [0.29, 0.717) is 0 Å². The first-order valence-corrected chi connectivity index (χ1v) is 5.94. The van der Waals surface area contributed by atoms with Crippen LogP contribution in [0.4, 0.5) is 4.79 Å². The van der Waals surface area contributed by atoms with Crippen LogP contribution in [0.25, 0.3) is 0 Å². The number of nitrogens with one attached hydrogen (secondary N) is 1. The number of imide groups is 1. The molecule has 1 saturated heterocycles. The summed E-state index contributed by atoms with van der Waals surface area (Å²) in [7, 11) is 0.176. The zero-order chi connectivity index (χ0) is 11.8. The van der Waals surface area contributed by atoms with Gasteiger partial charge in [0.25, 0.3) is 5.91 Å². The van der Waals surface area contributed by atoms with Gasteiger partial charge in [-0.2, -0.15) is 0 Å².